The van der Waals surface area contributed by atoms with Crippen molar-refractivity contribution in [1.29, 1.82) is 0 Å². The van der Waals surface area contributed by atoms with Crippen LogP contribution in [0.4, 0.5) is 0 Å². The summed E-state index contributed by atoms with van der Waals surface area (Å²) in [6.07, 6.45) is 2.30. The van der Waals surface area contributed by atoms with E-state index in [2.05, 4.69) is 22.0 Å². The SMILES string of the molecule is COc1ccc(CN2C[C@@H](Cc3ccnc4ccccc34)[C@H](O)C2)c(OC)c1OC. The molecular formula is C24H28N2O4. The second-order valence-electron chi connectivity index (χ2n) is 7.71. The summed E-state index contributed by atoms with van der Waals surface area (Å²) in [5.41, 5.74) is 3.24. The highest BCUT2D eigenvalue weighted by atomic mass is 16.5. The third kappa shape index (κ3) is 3.93. The number of ether oxygens (including phenoxy) is 3. The van der Waals surface area contributed by atoms with E-state index >= 15 is 0 Å². The number of benzene rings is 2. The van der Waals surface area contributed by atoms with E-state index in [-0.39, 0.29) is 12.0 Å². The molecule has 6 heteroatoms. The Morgan fingerprint density at radius 2 is 1.73 bits per heavy atom. The summed E-state index contributed by atoms with van der Waals surface area (Å²) >= 11 is 0. The normalized spacial score (nSPS) is 19.2. The van der Waals surface area contributed by atoms with E-state index in [0.717, 1.165) is 29.4 Å². The minimum absolute atomic E-state index is 0.168. The van der Waals surface area contributed by atoms with Crippen LogP contribution >= 0.6 is 0 Å². The van der Waals surface area contributed by atoms with Crippen LogP contribution in [0.5, 0.6) is 17.2 Å². The molecule has 1 N–H and O–H groups in total. The van der Waals surface area contributed by atoms with Crippen LogP contribution in [0, 0.1) is 5.92 Å². The summed E-state index contributed by atoms with van der Waals surface area (Å²) in [5.74, 6) is 2.08. The first kappa shape index (κ1) is 20.4. The molecule has 3 aromatic rings. The van der Waals surface area contributed by atoms with E-state index in [1.807, 2.05) is 36.5 Å². The first-order valence-electron chi connectivity index (χ1n) is 10.2. The fourth-order valence-electron chi connectivity index (χ4n) is 4.42. The standard InChI is InChI=1S/C24H28N2O4/c1-28-22-9-8-17(23(29-2)24(22)30-3)13-26-14-18(21(27)15-26)12-16-10-11-25-20-7-5-4-6-19(16)20/h4-11,18,21,27H,12-15H2,1-3H3/t18-,21-/m1/s1. The molecule has 1 aromatic heterocycles. The van der Waals surface area contributed by atoms with Crippen LogP contribution in [-0.2, 0) is 13.0 Å². The summed E-state index contributed by atoms with van der Waals surface area (Å²) in [6.45, 7) is 2.12. The molecule has 6 nitrogen and oxygen atoms in total. The molecule has 0 unspecified atom stereocenters. The first-order valence-corrected chi connectivity index (χ1v) is 10.2. The van der Waals surface area contributed by atoms with E-state index in [0.29, 0.717) is 30.3 Å². The lowest BCUT2D eigenvalue weighted by atomic mass is 9.94. The smallest absolute Gasteiger partial charge is 0.203 e. The fraction of sp³-hybridized carbons (Fsp3) is 0.375. The van der Waals surface area contributed by atoms with Crippen molar-refractivity contribution in [2.24, 2.45) is 5.92 Å². The molecule has 1 aliphatic rings. The van der Waals surface area contributed by atoms with Gasteiger partial charge in [0.05, 0.1) is 33.0 Å². The summed E-state index contributed by atoms with van der Waals surface area (Å²) in [7, 11) is 4.86. The maximum absolute atomic E-state index is 10.7. The van der Waals surface area contributed by atoms with Gasteiger partial charge in [-0.05, 0) is 30.2 Å². The Balaban J connectivity index is 1.51. The highest BCUT2D eigenvalue weighted by molar-refractivity contribution is 5.81. The van der Waals surface area contributed by atoms with Gasteiger partial charge < -0.3 is 19.3 Å². The maximum Gasteiger partial charge on any atom is 0.203 e. The number of pyridine rings is 1. The summed E-state index contributed by atoms with van der Waals surface area (Å²) in [6, 6.07) is 14.1. The monoisotopic (exact) mass is 408 g/mol. The topological polar surface area (TPSA) is 64.1 Å². The lowest BCUT2D eigenvalue weighted by molar-refractivity contribution is 0.141. The highest BCUT2D eigenvalue weighted by Gasteiger charge is 2.32. The van der Waals surface area contributed by atoms with E-state index in [9.17, 15) is 5.11 Å². The fourth-order valence-corrected chi connectivity index (χ4v) is 4.42. The molecule has 0 spiro atoms. The van der Waals surface area contributed by atoms with E-state index in [4.69, 9.17) is 14.2 Å². The Hall–Kier alpha value is -2.83. The summed E-state index contributed by atoms with van der Waals surface area (Å²) in [5, 5.41) is 11.9. The largest absolute Gasteiger partial charge is 0.493 e. The molecule has 0 aliphatic carbocycles. The van der Waals surface area contributed by atoms with Crippen molar-refractivity contribution in [2.75, 3.05) is 34.4 Å². The van der Waals surface area contributed by atoms with Crippen LogP contribution < -0.4 is 14.2 Å². The van der Waals surface area contributed by atoms with Gasteiger partial charge in [0.25, 0.3) is 0 Å². The van der Waals surface area contributed by atoms with E-state index in [1.165, 1.54) is 5.56 Å². The van der Waals surface area contributed by atoms with E-state index < -0.39 is 0 Å². The zero-order chi connectivity index (χ0) is 21.1. The minimum Gasteiger partial charge on any atom is -0.493 e. The number of fused-ring (bicyclic) bond motifs is 1. The maximum atomic E-state index is 10.7. The van der Waals surface area contributed by atoms with Gasteiger partial charge in [-0.15, -0.1) is 0 Å². The number of hydrogen-bond donors (Lipinski definition) is 1. The second-order valence-corrected chi connectivity index (χ2v) is 7.71. The van der Waals surface area contributed by atoms with Crippen molar-refractivity contribution in [3.8, 4) is 17.2 Å². The number of para-hydroxylation sites is 1. The predicted octanol–water partition coefficient (Wildman–Crippen LogP) is 3.30. The van der Waals surface area contributed by atoms with Gasteiger partial charge in [-0.3, -0.25) is 9.88 Å². The molecule has 4 rings (SSSR count). The average molecular weight is 408 g/mol. The van der Waals surface area contributed by atoms with Crippen molar-refractivity contribution in [1.82, 2.24) is 9.88 Å². The molecule has 0 radical (unpaired) electrons. The quantitative estimate of drug-likeness (QED) is 0.647. The van der Waals surface area contributed by atoms with Crippen molar-refractivity contribution in [3.63, 3.8) is 0 Å². The van der Waals surface area contributed by atoms with Crippen molar-refractivity contribution < 1.29 is 19.3 Å². The number of methoxy groups -OCH3 is 3. The number of aromatic nitrogens is 1. The molecule has 2 aromatic carbocycles. The van der Waals surface area contributed by atoms with Gasteiger partial charge in [0, 0.05) is 42.7 Å². The van der Waals surface area contributed by atoms with Gasteiger partial charge in [0.15, 0.2) is 11.5 Å². The number of nitrogens with zero attached hydrogens (tertiary/aromatic N) is 2. The Morgan fingerprint density at radius 3 is 2.50 bits per heavy atom. The molecular weight excluding hydrogens is 380 g/mol. The number of rotatable bonds is 7. The molecule has 2 heterocycles. The van der Waals surface area contributed by atoms with Crippen LogP contribution in [0.3, 0.4) is 0 Å². The summed E-state index contributed by atoms with van der Waals surface area (Å²) < 4.78 is 16.5. The molecule has 0 amide bonds. The van der Waals surface area contributed by atoms with Gasteiger partial charge in [-0.1, -0.05) is 24.3 Å². The van der Waals surface area contributed by atoms with Gasteiger partial charge >= 0.3 is 0 Å². The first-order chi connectivity index (χ1) is 14.6. The van der Waals surface area contributed by atoms with Gasteiger partial charge in [-0.25, -0.2) is 0 Å². The Bertz CT molecular complexity index is 1020. The zero-order valence-corrected chi connectivity index (χ0v) is 17.7. The van der Waals surface area contributed by atoms with E-state index in [1.54, 1.807) is 21.3 Å². The number of aliphatic hydroxyl groups excluding tert-OH is 1. The molecule has 1 fully saturated rings. The molecule has 2 atom stereocenters. The lowest BCUT2D eigenvalue weighted by Gasteiger charge is -2.20. The Morgan fingerprint density at radius 1 is 0.933 bits per heavy atom. The number of aliphatic hydroxyl groups is 1. The Kier molecular flexibility index (Phi) is 6.06. The van der Waals surface area contributed by atoms with Crippen molar-refractivity contribution >= 4 is 10.9 Å². The third-order valence-corrected chi connectivity index (χ3v) is 5.88. The lowest BCUT2D eigenvalue weighted by Crippen LogP contribution is -2.21. The van der Waals surface area contributed by atoms with Crippen molar-refractivity contribution in [2.45, 2.75) is 19.1 Å². The number of likely N-dealkylation sites (tertiary alicyclic amines) is 1. The van der Waals surface area contributed by atoms with Gasteiger partial charge in [0.1, 0.15) is 0 Å². The second kappa shape index (κ2) is 8.90. The van der Waals surface area contributed by atoms with Gasteiger partial charge in [0.2, 0.25) is 5.75 Å². The zero-order valence-electron chi connectivity index (χ0n) is 17.7. The van der Waals surface area contributed by atoms with Crippen LogP contribution in [0.25, 0.3) is 10.9 Å². The number of β-amino-alcohol motifs (C(OH)–C–C–N with tert-alkyl or cyclic N) is 1. The van der Waals surface area contributed by atoms with Crippen molar-refractivity contribution in [3.05, 3.63) is 59.8 Å². The third-order valence-electron chi connectivity index (χ3n) is 5.88. The molecule has 0 bridgehead atoms. The van der Waals surface area contributed by atoms with Gasteiger partial charge in [-0.2, -0.15) is 0 Å². The number of hydrogen-bond acceptors (Lipinski definition) is 6. The predicted molar refractivity (Wildman–Crippen MR) is 116 cm³/mol. The minimum atomic E-state index is -0.372. The molecule has 158 valence electrons. The molecule has 1 aliphatic heterocycles. The van der Waals surface area contributed by atoms with Crippen LogP contribution in [0.15, 0.2) is 48.7 Å². The molecule has 30 heavy (non-hydrogen) atoms. The Labute approximate surface area is 177 Å². The molecule has 0 saturated carbocycles. The van der Waals surface area contributed by atoms with Crippen LogP contribution in [-0.4, -0.2) is 55.5 Å². The molecule has 1 saturated heterocycles. The summed E-state index contributed by atoms with van der Waals surface area (Å²) in [4.78, 5) is 6.71. The average Bonchev–Trinajstić information content (AvgIpc) is 3.12. The van der Waals surface area contributed by atoms with Crippen LogP contribution in [0.2, 0.25) is 0 Å². The van der Waals surface area contributed by atoms with Crippen LogP contribution in [0.1, 0.15) is 11.1 Å². The highest BCUT2D eigenvalue weighted by Crippen LogP contribution is 2.40.